The van der Waals surface area contributed by atoms with Gasteiger partial charge in [0, 0.05) is 42.7 Å². The molecule has 6 nitrogen and oxygen atoms in total. The molecule has 126 valence electrons. The molecule has 0 bridgehead atoms. The molecule has 0 saturated carbocycles. The van der Waals surface area contributed by atoms with Crippen LogP contribution in [0.15, 0.2) is 34.9 Å². The molecule has 1 saturated heterocycles. The second-order valence-electron chi connectivity index (χ2n) is 5.86. The molecule has 1 aliphatic rings. The third kappa shape index (κ3) is 3.76. The molecule has 2 heterocycles. The molecule has 0 spiro atoms. The Kier molecular flexibility index (Phi) is 4.85. The highest BCUT2D eigenvalue weighted by Crippen LogP contribution is 2.26. The summed E-state index contributed by atoms with van der Waals surface area (Å²) in [6.07, 6.45) is 0.796. The van der Waals surface area contributed by atoms with E-state index in [1.165, 1.54) is 0 Å². The maximum Gasteiger partial charge on any atom is 0.227 e. The van der Waals surface area contributed by atoms with Crippen LogP contribution in [0.25, 0.3) is 0 Å². The number of carbonyl (C=O) groups is 2. The fourth-order valence-electron chi connectivity index (χ4n) is 2.74. The first-order valence-electron chi connectivity index (χ1n) is 7.79. The molecular formula is C17H18ClN3O3. The van der Waals surface area contributed by atoms with E-state index in [0.29, 0.717) is 24.5 Å². The minimum absolute atomic E-state index is 0.0525. The van der Waals surface area contributed by atoms with Crippen LogP contribution in [-0.4, -0.2) is 30.1 Å². The Morgan fingerprint density at radius 2 is 2.17 bits per heavy atom. The van der Waals surface area contributed by atoms with Crippen molar-refractivity contribution in [3.05, 3.63) is 46.8 Å². The van der Waals surface area contributed by atoms with Crippen molar-refractivity contribution in [3.8, 4) is 0 Å². The van der Waals surface area contributed by atoms with Crippen LogP contribution in [0.3, 0.4) is 0 Å². The van der Waals surface area contributed by atoms with Crippen LogP contribution in [0.5, 0.6) is 0 Å². The largest absolute Gasteiger partial charge is 0.361 e. The number of nitrogens with zero attached hydrogens (tertiary/aromatic N) is 2. The van der Waals surface area contributed by atoms with Gasteiger partial charge in [0.2, 0.25) is 11.8 Å². The maximum absolute atomic E-state index is 12.3. The summed E-state index contributed by atoms with van der Waals surface area (Å²) in [4.78, 5) is 26.0. The number of aryl methyl sites for hydroxylation is 1. The molecule has 3 rings (SSSR count). The van der Waals surface area contributed by atoms with Crippen LogP contribution in [0.4, 0.5) is 5.69 Å². The molecular weight excluding hydrogens is 330 g/mol. The van der Waals surface area contributed by atoms with Crippen molar-refractivity contribution in [2.24, 2.45) is 5.92 Å². The highest BCUT2D eigenvalue weighted by Gasteiger charge is 2.34. The Hall–Kier alpha value is -2.34. The van der Waals surface area contributed by atoms with Crippen LogP contribution in [-0.2, 0) is 16.0 Å². The van der Waals surface area contributed by atoms with E-state index in [2.05, 4.69) is 10.5 Å². The first-order valence-corrected chi connectivity index (χ1v) is 8.16. The molecule has 0 aliphatic carbocycles. The maximum atomic E-state index is 12.3. The number of hydrogen-bond acceptors (Lipinski definition) is 4. The lowest BCUT2D eigenvalue weighted by atomic mass is 10.1. The topological polar surface area (TPSA) is 75.4 Å². The number of amides is 2. The molecule has 1 aromatic carbocycles. The van der Waals surface area contributed by atoms with Gasteiger partial charge < -0.3 is 14.7 Å². The van der Waals surface area contributed by atoms with Gasteiger partial charge in [0.05, 0.1) is 11.6 Å². The molecule has 1 fully saturated rings. The SMILES string of the molecule is Cc1cc(CCNC(=O)C2CC(=O)N(c3ccc(Cl)cc3)C2)on1. The van der Waals surface area contributed by atoms with Crippen LogP contribution >= 0.6 is 11.6 Å². The summed E-state index contributed by atoms with van der Waals surface area (Å²) in [5, 5.41) is 7.27. The quantitative estimate of drug-likeness (QED) is 0.900. The van der Waals surface area contributed by atoms with E-state index in [9.17, 15) is 9.59 Å². The van der Waals surface area contributed by atoms with Crippen molar-refractivity contribution < 1.29 is 14.1 Å². The minimum atomic E-state index is -0.343. The molecule has 1 N–H and O–H groups in total. The number of nitrogens with one attached hydrogen (secondary N) is 1. The normalized spacial score (nSPS) is 17.3. The predicted octanol–water partition coefficient (Wildman–Crippen LogP) is 2.35. The zero-order valence-electron chi connectivity index (χ0n) is 13.3. The fourth-order valence-corrected chi connectivity index (χ4v) is 2.87. The number of carbonyl (C=O) groups excluding carboxylic acids is 2. The van der Waals surface area contributed by atoms with E-state index in [1.807, 2.05) is 13.0 Å². The number of benzene rings is 1. The second-order valence-corrected chi connectivity index (χ2v) is 6.29. The zero-order chi connectivity index (χ0) is 17.1. The highest BCUT2D eigenvalue weighted by molar-refractivity contribution is 6.30. The predicted molar refractivity (Wildman–Crippen MR) is 89.9 cm³/mol. The van der Waals surface area contributed by atoms with Gasteiger partial charge in [-0.05, 0) is 31.2 Å². The van der Waals surface area contributed by atoms with E-state index in [-0.39, 0.29) is 24.2 Å². The Bertz CT molecular complexity index is 742. The van der Waals surface area contributed by atoms with Gasteiger partial charge >= 0.3 is 0 Å². The minimum Gasteiger partial charge on any atom is -0.361 e. The average molecular weight is 348 g/mol. The molecule has 7 heteroatoms. The average Bonchev–Trinajstić information content (AvgIpc) is 3.14. The monoisotopic (exact) mass is 347 g/mol. The van der Waals surface area contributed by atoms with Gasteiger partial charge in [-0.3, -0.25) is 9.59 Å². The highest BCUT2D eigenvalue weighted by atomic mass is 35.5. The number of anilines is 1. The zero-order valence-corrected chi connectivity index (χ0v) is 14.0. The van der Waals surface area contributed by atoms with Gasteiger partial charge in [0.1, 0.15) is 5.76 Å². The van der Waals surface area contributed by atoms with Gasteiger partial charge in [-0.25, -0.2) is 0 Å². The van der Waals surface area contributed by atoms with Gasteiger partial charge in [0.15, 0.2) is 0 Å². The Labute approximate surface area is 144 Å². The van der Waals surface area contributed by atoms with Crippen molar-refractivity contribution in [3.63, 3.8) is 0 Å². The fraction of sp³-hybridized carbons (Fsp3) is 0.353. The Morgan fingerprint density at radius 3 is 2.83 bits per heavy atom. The summed E-state index contributed by atoms with van der Waals surface area (Å²) >= 11 is 5.86. The number of rotatable bonds is 5. The van der Waals surface area contributed by atoms with Crippen molar-refractivity contribution in [2.45, 2.75) is 19.8 Å². The standard InChI is InChI=1S/C17H18ClN3O3/c1-11-8-15(24-20-11)6-7-19-17(23)12-9-16(22)21(10-12)14-4-2-13(18)3-5-14/h2-5,8,12H,6-7,9-10H2,1H3,(H,19,23). The first-order chi connectivity index (χ1) is 11.5. The molecule has 0 radical (unpaired) electrons. The van der Waals surface area contributed by atoms with Gasteiger partial charge in [-0.1, -0.05) is 16.8 Å². The smallest absolute Gasteiger partial charge is 0.227 e. The number of hydrogen-bond donors (Lipinski definition) is 1. The Morgan fingerprint density at radius 1 is 1.42 bits per heavy atom. The van der Waals surface area contributed by atoms with Crippen molar-refractivity contribution in [2.75, 3.05) is 18.0 Å². The van der Waals surface area contributed by atoms with Crippen molar-refractivity contribution >= 4 is 29.1 Å². The van der Waals surface area contributed by atoms with Gasteiger partial charge in [0.25, 0.3) is 0 Å². The van der Waals surface area contributed by atoms with E-state index in [1.54, 1.807) is 29.2 Å². The molecule has 24 heavy (non-hydrogen) atoms. The summed E-state index contributed by atoms with van der Waals surface area (Å²) < 4.78 is 5.10. The number of aromatic nitrogens is 1. The third-order valence-electron chi connectivity index (χ3n) is 3.98. The third-order valence-corrected chi connectivity index (χ3v) is 4.23. The summed E-state index contributed by atoms with van der Waals surface area (Å²) in [5.41, 5.74) is 1.58. The van der Waals surface area contributed by atoms with Crippen molar-refractivity contribution in [1.29, 1.82) is 0 Å². The summed E-state index contributed by atoms with van der Waals surface area (Å²) in [5.74, 6) is 0.224. The molecule has 1 aliphatic heterocycles. The molecule has 2 aromatic rings. The molecule has 2 amide bonds. The second kappa shape index (κ2) is 7.05. The lowest BCUT2D eigenvalue weighted by molar-refractivity contribution is -0.126. The van der Waals surface area contributed by atoms with Gasteiger partial charge in [-0.2, -0.15) is 0 Å². The molecule has 1 unspecified atom stereocenters. The van der Waals surface area contributed by atoms with E-state index in [4.69, 9.17) is 16.1 Å². The van der Waals surface area contributed by atoms with Crippen molar-refractivity contribution in [1.82, 2.24) is 10.5 Å². The van der Waals surface area contributed by atoms with Crippen LogP contribution in [0.1, 0.15) is 17.9 Å². The van der Waals surface area contributed by atoms with Crippen LogP contribution in [0, 0.1) is 12.8 Å². The van der Waals surface area contributed by atoms with Gasteiger partial charge in [-0.15, -0.1) is 0 Å². The van der Waals surface area contributed by atoms with E-state index >= 15 is 0 Å². The summed E-state index contributed by atoms with van der Waals surface area (Å²) in [7, 11) is 0. The number of halogens is 1. The lowest BCUT2D eigenvalue weighted by Gasteiger charge is -2.16. The van der Waals surface area contributed by atoms with E-state index < -0.39 is 0 Å². The first kappa shape index (κ1) is 16.5. The molecule has 1 aromatic heterocycles. The summed E-state index contributed by atoms with van der Waals surface area (Å²) in [6.45, 7) is 2.69. The van der Waals surface area contributed by atoms with Crippen LogP contribution < -0.4 is 10.2 Å². The van der Waals surface area contributed by atoms with Crippen LogP contribution in [0.2, 0.25) is 5.02 Å². The lowest BCUT2D eigenvalue weighted by Crippen LogP contribution is -2.34. The molecule has 1 atom stereocenters. The Balaban J connectivity index is 1.53. The van der Waals surface area contributed by atoms with E-state index in [0.717, 1.165) is 17.1 Å². The summed E-state index contributed by atoms with van der Waals surface area (Å²) in [6, 6.07) is 8.88.